The summed E-state index contributed by atoms with van der Waals surface area (Å²) in [4.78, 5) is 2.40. The Labute approximate surface area is 130 Å². The molecule has 1 aliphatic carbocycles. The minimum atomic E-state index is 0.400. The molecule has 0 aromatic carbocycles. The summed E-state index contributed by atoms with van der Waals surface area (Å²) in [5.41, 5.74) is 2.58. The van der Waals surface area contributed by atoms with Gasteiger partial charge in [0.25, 0.3) is 0 Å². The van der Waals surface area contributed by atoms with E-state index in [-0.39, 0.29) is 0 Å². The largest absolute Gasteiger partial charge is 0.468 e. The molecule has 0 spiro atoms. The van der Waals surface area contributed by atoms with E-state index in [1.54, 1.807) is 13.4 Å². The molecular weight excluding hydrogens is 278 g/mol. The first-order chi connectivity index (χ1) is 10.8. The predicted molar refractivity (Wildman–Crippen MR) is 82.4 cm³/mol. The van der Waals surface area contributed by atoms with Crippen molar-refractivity contribution in [2.45, 2.75) is 38.4 Å². The van der Waals surface area contributed by atoms with E-state index >= 15 is 0 Å². The van der Waals surface area contributed by atoms with E-state index in [9.17, 15) is 0 Å². The van der Waals surface area contributed by atoms with Gasteiger partial charge in [-0.05, 0) is 30.9 Å². The molecule has 22 heavy (non-hydrogen) atoms. The normalized spacial score (nSPS) is 22.0. The number of rotatable bonds is 6. The van der Waals surface area contributed by atoms with Crippen LogP contribution < -0.4 is 0 Å². The molecular formula is C17H23N3O2. The van der Waals surface area contributed by atoms with E-state index in [4.69, 9.17) is 14.3 Å². The molecule has 2 aromatic heterocycles. The molecule has 5 heteroatoms. The van der Waals surface area contributed by atoms with Crippen LogP contribution in [0.2, 0.25) is 0 Å². The van der Waals surface area contributed by atoms with E-state index in [0.29, 0.717) is 5.92 Å². The zero-order chi connectivity index (χ0) is 14.9. The summed E-state index contributed by atoms with van der Waals surface area (Å²) in [5.74, 6) is 2.26. The summed E-state index contributed by atoms with van der Waals surface area (Å²) < 4.78 is 13.1. The summed E-state index contributed by atoms with van der Waals surface area (Å²) in [7, 11) is 1.78. The van der Waals surface area contributed by atoms with Gasteiger partial charge in [0.15, 0.2) is 0 Å². The van der Waals surface area contributed by atoms with Crippen LogP contribution in [0, 0.1) is 5.92 Å². The van der Waals surface area contributed by atoms with E-state index in [2.05, 4.69) is 15.8 Å². The van der Waals surface area contributed by atoms with Crippen molar-refractivity contribution in [1.29, 1.82) is 0 Å². The Hall–Kier alpha value is -1.59. The van der Waals surface area contributed by atoms with Crippen molar-refractivity contribution in [3.63, 3.8) is 0 Å². The van der Waals surface area contributed by atoms with Gasteiger partial charge in [0.05, 0.1) is 25.1 Å². The molecule has 0 N–H and O–H groups in total. The van der Waals surface area contributed by atoms with Crippen LogP contribution in [-0.4, -0.2) is 34.9 Å². The third kappa shape index (κ3) is 2.96. The average molecular weight is 301 g/mol. The van der Waals surface area contributed by atoms with Crippen LogP contribution in [0.3, 0.4) is 0 Å². The minimum Gasteiger partial charge on any atom is -0.468 e. The smallest absolute Gasteiger partial charge is 0.117 e. The maximum atomic E-state index is 5.49. The van der Waals surface area contributed by atoms with Gasteiger partial charge in [-0.2, -0.15) is 5.10 Å². The average Bonchev–Trinajstić information content (AvgIpc) is 2.98. The lowest BCUT2D eigenvalue weighted by molar-refractivity contribution is 0.131. The number of nitrogens with zero attached hydrogens (tertiary/aromatic N) is 3. The van der Waals surface area contributed by atoms with Crippen LogP contribution >= 0.6 is 0 Å². The second kappa shape index (κ2) is 5.89. The molecule has 4 rings (SSSR count). The fourth-order valence-corrected chi connectivity index (χ4v) is 3.37. The summed E-state index contributed by atoms with van der Waals surface area (Å²) in [6.07, 6.45) is 6.70. The lowest BCUT2D eigenvalue weighted by atomic mass is 9.95. The molecule has 1 atom stereocenters. The molecule has 1 saturated carbocycles. The lowest BCUT2D eigenvalue weighted by Crippen LogP contribution is -2.34. The van der Waals surface area contributed by atoms with Crippen molar-refractivity contribution < 1.29 is 9.15 Å². The van der Waals surface area contributed by atoms with Crippen LogP contribution in [0.15, 0.2) is 29.0 Å². The number of fused-ring (bicyclic) bond motifs is 1. The molecule has 2 aromatic rings. The van der Waals surface area contributed by atoms with Gasteiger partial charge < -0.3 is 9.15 Å². The number of ether oxygens (including phenoxy) is 1. The zero-order valence-electron chi connectivity index (χ0n) is 13.1. The van der Waals surface area contributed by atoms with Gasteiger partial charge in [-0.3, -0.25) is 9.58 Å². The van der Waals surface area contributed by atoms with Gasteiger partial charge >= 0.3 is 0 Å². The van der Waals surface area contributed by atoms with E-state index < -0.39 is 0 Å². The fraction of sp³-hybridized carbons (Fsp3) is 0.588. The predicted octanol–water partition coefficient (Wildman–Crippen LogP) is 2.63. The zero-order valence-corrected chi connectivity index (χ0v) is 13.1. The first kappa shape index (κ1) is 14.0. The molecule has 0 bridgehead atoms. The van der Waals surface area contributed by atoms with Crippen molar-refractivity contribution in [2.24, 2.45) is 5.92 Å². The van der Waals surface area contributed by atoms with Crippen LogP contribution in [0.25, 0.3) is 0 Å². The topological polar surface area (TPSA) is 43.4 Å². The summed E-state index contributed by atoms with van der Waals surface area (Å²) in [6, 6.07) is 3.98. The monoisotopic (exact) mass is 301 g/mol. The SMILES string of the molecule is COC[C@@H]1CN(Cc2ccco2)Cc2nn(CC3CC3)cc21. The van der Waals surface area contributed by atoms with Crippen LogP contribution in [0.5, 0.6) is 0 Å². The highest BCUT2D eigenvalue weighted by Crippen LogP contribution is 2.33. The molecule has 0 saturated heterocycles. The lowest BCUT2D eigenvalue weighted by Gasteiger charge is -2.31. The Bertz CT molecular complexity index is 616. The molecule has 0 radical (unpaired) electrons. The van der Waals surface area contributed by atoms with Crippen molar-refractivity contribution in [3.05, 3.63) is 41.6 Å². The van der Waals surface area contributed by atoms with Crippen molar-refractivity contribution in [1.82, 2.24) is 14.7 Å². The minimum absolute atomic E-state index is 0.400. The van der Waals surface area contributed by atoms with Gasteiger partial charge in [0, 0.05) is 44.4 Å². The van der Waals surface area contributed by atoms with Gasteiger partial charge in [-0.1, -0.05) is 0 Å². The molecule has 1 aliphatic heterocycles. The maximum absolute atomic E-state index is 5.49. The standard InChI is InChI=1S/C17H23N3O2/c1-21-12-14-8-19(9-15-3-2-6-22-15)11-17-16(14)10-20(18-17)7-13-4-5-13/h2-3,6,10,13-14H,4-5,7-9,11-12H2,1H3/t14-/m0/s1. The molecule has 0 unspecified atom stereocenters. The molecule has 118 valence electrons. The molecule has 3 heterocycles. The number of aromatic nitrogens is 2. The van der Waals surface area contributed by atoms with E-state index in [1.165, 1.54) is 24.1 Å². The highest BCUT2D eigenvalue weighted by molar-refractivity contribution is 5.25. The van der Waals surface area contributed by atoms with Gasteiger partial charge in [0.2, 0.25) is 0 Å². The first-order valence-electron chi connectivity index (χ1n) is 8.11. The molecule has 1 fully saturated rings. The molecule has 2 aliphatic rings. The second-order valence-electron chi connectivity index (χ2n) is 6.60. The Morgan fingerprint density at radius 2 is 2.32 bits per heavy atom. The van der Waals surface area contributed by atoms with Gasteiger partial charge in [-0.15, -0.1) is 0 Å². The third-order valence-corrected chi connectivity index (χ3v) is 4.63. The molecule has 5 nitrogen and oxygen atoms in total. The highest BCUT2D eigenvalue weighted by atomic mass is 16.5. The maximum Gasteiger partial charge on any atom is 0.117 e. The number of methoxy groups -OCH3 is 1. The summed E-state index contributed by atoms with van der Waals surface area (Å²) >= 11 is 0. The van der Waals surface area contributed by atoms with Crippen molar-refractivity contribution in [2.75, 3.05) is 20.3 Å². The number of hydrogen-bond donors (Lipinski definition) is 0. The Morgan fingerprint density at radius 1 is 1.41 bits per heavy atom. The summed E-state index contributed by atoms with van der Waals surface area (Å²) in [5, 5.41) is 4.83. The number of hydrogen-bond acceptors (Lipinski definition) is 4. The third-order valence-electron chi connectivity index (χ3n) is 4.63. The highest BCUT2D eigenvalue weighted by Gasteiger charge is 2.30. The van der Waals surface area contributed by atoms with Crippen molar-refractivity contribution in [3.8, 4) is 0 Å². The summed E-state index contributed by atoms with van der Waals surface area (Å²) in [6.45, 7) is 4.55. The van der Waals surface area contributed by atoms with E-state index in [1.807, 2.05) is 12.1 Å². The van der Waals surface area contributed by atoms with E-state index in [0.717, 1.165) is 44.5 Å². The van der Waals surface area contributed by atoms with Crippen LogP contribution in [0.1, 0.15) is 35.8 Å². The Kier molecular flexibility index (Phi) is 3.76. The first-order valence-corrected chi connectivity index (χ1v) is 8.11. The van der Waals surface area contributed by atoms with Gasteiger partial charge in [-0.25, -0.2) is 0 Å². The van der Waals surface area contributed by atoms with Crippen molar-refractivity contribution >= 4 is 0 Å². The van der Waals surface area contributed by atoms with Crippen LogP contribution in [-0.2, 0) is 24.4 Å². The Balaban J connectivity index is 1.53. The van der Waals surface area contributed by atoms with Crippen LogP contribution in [0.4, 0.5) is 0 Å². The quantitative estimate of drug-likeness (QED) is 0.822. The Morgan fingerprint density at radius 3 is 3.05 bits per heavy atom. The van der Waals surface area contributed by atoms with Gasteiger partial charge in [0.1, 0.15) is 5.76 Å². The molecule has 0 amide bonds. The fourth-order valence-electron chi connectivity index (χ4n) is 3.37. The number of furan rings is 1. The second-order valence-corrected chi connectivity index (χ2v) is 6.60.